The van der Waals surface area contributed by atoms with Crippen molar-refractivity contribution in [3.05, 3.63) is 83.9 Å². The highest BCUT2D eigenvalue weighted by atomic mass is 32.2. The lowest BCUT2D eigenvalue weighted by Crippen LogP contribution is -2.48. The Balaban J connectivity index is 1.67. The Morgan fingerprint density at radius 2 is 1.57 bits per heavy atom. The second-order valence-electron chi connectivity index (χ2n) is 12.3. The molecule has 4 atom stereocenters. The summed E-state index contributed by atoms with van der Waals surface area (Å²) in [5.41, 5.74) is 0.108. The maximum atomic E-state index is 14.3. The van der Waals surface area contributed by atoms with E-state index >= 15 is 0 Å². The van der Waals surface area contributed by atoms with E-state index in [1.807, 2.05) is 13.8 Å². The molecule has 0 spiro atoms. The number of carbonyl (C=O) groups is 1. The van der Waals surface area contributed by atoms with Gasteiger partial charge in [0.1, 0.15) is 17.4 Å². The molecule has 4 rings (SSSR count). The van der Waals surface area contributed by atoms with Gasteiger partial charge in [-0.2, -0.15) is 4.31 Å². The zero-order chi connectivity index (χ0) is 35.9. The molecule has 0 bridgehead atoms. The van der Waals surface area contributed by atoms with Crippen molar-refractivity contribution in [2.75, 3.05) is 38.1 Å². The molecular formula is C34H43F2N3O8S2. The van der Waals surface area contributed by atoms with Crippen LogP contribution in [-0.2, 0) is 24.8 Å². The van der Waals surface area contributed by atoms with Gasteiger partial charge >= 0.3 is 0 Å². The molecule has 0 radical (unpaired) electrons. The summed E-state index contributed by atoms with van der Waals surface area (Å²) in [6.07, 6.45) is 0.954. The molecule has 0 saturated carbocycles. The molecule has 1 aliphatic rings. The number of aliphatic hydroxyl groups excluding tert-OH is 1. The van der Waals surface area contributed by atoms with Gasteiger partial charge in [0.15, 0.2) is 0 Å². The molecule has 1 aliphatic heterocycles. The summed E-state index contributed by atoms with van der Waals surface area (Å²) in [5.74, 6) is -1.94. The number of sulfonamides is 2. The smallest absolute Gasteiger partial charge is 0.261 e. The van der Waals surface area contributed by atoms with Crippen LogP contribution < -0.4 is 9.46 Å². The topological polar surface area (TPSA) is 143 Å². The zero-order valence-electron chi connectivity index (χ0n) is 27.9. The minimum atomic E-state index is -4.14. The number of halogens is 2. The molecule has 2 N–H and O–H groups in total. The van der Waals surface area contributed by atoms with Crippen molar-refractivity contribution in [2.45, 2.75) is 68.1 Å². The SMILES string of the molecule is C[C@@H]1CCCCO[C@H](CN(C)S(=O)(=O)c2ccc(F)cc2)[C@@H](C)CN([C@H](C)CO)C(=O)c2cc(NS(=O)(=O)c3ccc(F)cc3)ccc2O1. The second kappa shape index (κ2) is 16.4. The largest absolute Gasteiger partial charge is 0.490 e. The fourth-order valence-electron chi connectivity index (χ4n) is 5.41. The number of anilines is 1. The average molecular weight is 724 g/mol. The third-order valence-corrected chi connectivity index (χ3v) is 11.6. The molecule has 0 saturated heterocycles. The Bertz CT molecular complexity index is 1790. The molecule has 0 aromatic heterocycles. The van der Waals surface area contributed by atoms with Gasteiger partial charge in [-0.3, -0.25) is 9.52 Å². The first-order chi connectivity index (χ1) is 23.1. The zero-order valence-corrected chi connectivity index (χ0v) is 29.5. The number of carbonyl (C=O) groups excluding carboxylic acids is 1. The molecule has 15 heteroatoms. The molecule has 0 aliphatic carbocycles. The summed E-state index contributed by atoms with van der Waals surface area (Å²) in [7, 11) is -6.73. The van der Waals surface area contributed by atoms with Gasteiger partial charge in [-0.05, 0) is 99.8 Å². The van der Waals surface area contributed by atoms with Gasteiger partial charge in [0, 0.05) is 38.3 Å². The number of fused-ring (bicyclic) bond motifs is 1. The fourth-order valence-corrected chi connectivity index (χ4v) is 7.65. The number of hydrogen-bond donors (Lipinski definition) is 2. The van der Waals surface area contributed by atoms with Gasteiger partial charge in [0.05, 0.1) is 40.2 Å². The number of nitrogens with one attached hydrogen (secondary N) is 1. The lowest BCUT2D eigenvalue weighted by Gasteiger charge is -2.35. The Labute approximate surface area is 286 Å². The summed E-state index contributed by atoms with van der Waals surface area (Å²) in [4.78, 5) is 15.5. The lowest BCUT2D eigenvalue weighted by molar-refractivity contribution is -0.00834. The van der Waals surface area contributed by atoms with Crippen molar-refractivity contribution in [1.82, 2.24) is 9.21 Å². The van der Waals surface area contributed by atoms with Crippen LogP contribution >= 0.6 is 0 Å². The van der Waals surface area contributed by atoms with Crippen molar-refractivity contribution < 1.29 is 45.0 Å². The minimum absolute atomic E-state index is 0.0379. The molecule has 3 aromatic carbocycles. The van der Waals surface area contributed by atoms with Crippen molar-refractivity contribution in [3.63, 3.8) is 0 Å². The molecule has 1 heterocycles. The molecule has 1 amide bonds. The van der Waals surface area contributed by atoms with Crippen molar-refractivity contribution in [1.29, 1.82) is 0 Å². The van der Waals surface area contributed by atoms with Crippen LogP contribution in [0.1, 0.15) is 50.4 Å². The first-order valence-corrected chi connectivity index (χ1v) is 18.9. The first kappa shape index (κ1) is 38.2. The quantitative estimate of drug-likeness (QED) is 0.318. The van der Waals surface area contributed by atoms with E-state index in [1.165, 1.54) is 42.3 Å². The van der Waals surface area contributed by atoms with Gasteiger partial charge < -0.3 is 19.5 Å². The highest BCUT2D eigenvalue weighted by molar-refractivity contribution is 7.92. The number of aliphatic hydroxyl groups is 1. The van der Waals surface area contributed by atoms with Crippen molar-refractivity contribution >= 4 is 31.6 Å². The maximum absolute atomic E-state index is 14.3. The van der Waals surface area contributed by atoms with E-state index in [2.05, 4.69) is 4.72 Å². The van der Waals surface area contributed by atoms with Crippen LogP contribution in [0, 0.1) is 17.6 Å². The number of ether oxygens (including phenoxy) is 2. The van der Waals surface area contributed by atoms with Crippen LogP contribution in [0.5, 0.6) is 5.75 Å². The number of hydrogen-bond acceptors (Lipinski definition) is 8. The van der Waals surface area contributed by atoms with Crippen LogP contribution in [-0.4, -0.2) is 88.7 Å². The van der Waals surface area contributed by atoms with Crippen LogP contribution in [0.2, 0.25) is 0 Å². The second-order valence-corrected chi connectivity index (χ2v) is 16.0. The fraction of sp³-hybridized carbons (Fsp3) is 0.441. The Morgan fingerprint density at radius 1 is 0.959 bits per heavy atom. The average Bonchev–Trinajstić information content (AvgIpc) is 3.06. The van der Waals surface area contributed by atoms with E-state index < -0.39 is 62.3 Å². The first-order valence-electron chi connectivity index (χ1n) is 16.0. The molecule has 0 unspecified atom stereocenters. The van der Waals surface area contributed by atoms with E-state index in [4.69, 9.17) is 9.47 Å². The lowest BCUT2D eigenvalue weighted by atomic mass is 10.0. The maximum Gasteiger partial charge on any atom is 0.261 e. The summed E-state index contributed by atoms with van der Waals surface area (Å²) >= 11 is 0. The molecule has 11 nitrogen and oxygen atoms in total. The Morgan fingerprint density at radius 3 is 2.18 bits per heavy atom. The summed E-state index contributed by atoms with van der Waals surface area (Å²) in [6, 6.07) is 12.5. The summed E-state index contributed by atoms with van der Waals surface area (Å²) in [6.45, 7) is 5.21. The number of benzene rings is 3. The third-order valence-electron chi connectivity index (χ3n) is 8.39. The molecule has 3 aromatic rings. The number of likely N-dealkylation sites (N-methyl/N-ethyl adjacent to an activating group) is 1. The molecular weight excluding hydrogens is 681 g/mol. The third kappa shape index (κ3) is 9.75. The predicted molar refractivity (Wildman–Crippen MR) is 180 cm³/mol. The Kier molecular flexibility index (Phi) is 12.8. The van der Waals surface area contributed by atoms with Crippen LogP contribution in [0.4, 0.5) is 14.5 Å². The van der Waals surface area contributed by atoms with Gasteiger partial charge in [-0.25, -0.2) is 25.6 Å². The normalized spacial score (nSPS) is 20.6. The van der Waals surface area contributed by atoms with E-state index in [0.717, 1.165) is 40.7 Å². The molecule has 268 valence electrons. The summed E-state index contributed by atoms with van der Waals surface area (Å²) < 4.78 is 95.8. The highest BCUT2D eigenvalue weighted by Crippen LogP contribution is 2.30. The number of rotatable bonds is 9. The van der Waals surface area contributed by atoms with Crippen molar-refractivity contribution in [2.24, 2.45) is 5.92 Å². The minimum Gasteiger partial charge on any atom is -0.490 e. The molecule has 49 heavy (non-hydrogen) atoms. The number of nitrogens with zero attached hydrogens (tertiary/aromatic N) is 2. The van der Waals surface area contributed by atoms with E-state index in [-0.39, 0.29) is 46.0 Å². The van der Waals surface area contributed by atoms with Gasteiger partial charge in [0.2, 0.25) is 10.0 Å². The van der Waals surface area contributed by atoms with E-state index in [1.54, 1.807) is 6.92 Å². The predicted octanol–water partition coefficient (Wildman–Crippen LogP) is 4.88. The van der Waals surface area contributed by atoms with Gasteiger partial charge in [-0.15, -0.1) is 0 Å². The van der Waals surface area contributed by atoms with Gasteiger partial charge in [-0.1, -0.05) is 6.92 Å². The van der Waals surface area contributed by atoms with Crippen LogP contribution in [0.3, 0.4) is 0 Å². The highest BCUT2D eigenvalue weighted by Gasteiger charge is 2.32. The standard InChI is InChI=1S/C34H43F2N3O8S2/c1-23-20-39(24(2)22-40)34(41)31-19-28(37-48(42,43)29-13-8-26(35)9-14-29)12-17-32(31)47-25(3)7-5-6-18-46-33(23)21-38(4)49(44,45)30-15-10-27(36)11-16-30/h8-17,19,23-25,33,37,40H,5-7,18,20-22H2,1-4H3/t23-,24+,25+,33+/m0/s1. The molecule has 0 fully saturated rings. The summed E-state index contributed by atoms with van der Waals surface area (Å²) in [5, 5.41) is 10.2. The van der Waals surface area contributed by atoms with E-state index in [9.17, 15) is 35.5 Å². The number of amides is 1. The van der Waals surface area contributed by atoms with E-state index in [0.29, 0.717) is 25.9 Å². The Hall–Kier alpha value is -3.63. The monoisotopic (exact) mass is 723 g/mol. The van der Waals surface area contributed by atoms with Crippen LogP contribution in [0.15, 0.2) is 76.5 Å². The van der Waals surface area contributed by atoms with Crippen LogP contribution in [0.25, 0.3) is 0 Å². The van der Waals surface area contributed by atoms with Gasteiger partial charge in [0.25, 0.3) is 15.9 Å². The van der Waals surface area contributed by atoms with Crippen molar-refractivity contribution in [3.8, 4) is 5.75 Å².